The van der Waals surface area contributed by atoms with Gasteiger partial charge in [-0.25, -0.2) is 9.97 Å². The molecule has 2 aromatic heterocycles. The van der Waals surface area contributed by atoms with Gasteiger partial charge in [-0.15, -0.1) is 11.3 Å². The average molecular weight is 234 g/mol. The SMILES string of the molecule is c1cn(C2CC2)c(NCCc2cscn2)n1. The minimum absolute atomic E-state index is 0.685. The first-order valence-electron chi connectivity index (χ1n) is 5.57. The van der Waals surface area contributed by atoms with Crippen LogP contribution in [0.25, 0.3) is 0 Å². The highest BCUT2D eigenvalue weighted by Gasteiger charge is 2.25. The number of nitrogens with zero attached hydrogens (tertiary/aromatic N) is 3. The Morgan fingerprint density at radius 3 is 3.12 bits per heavy atom. The molecule has 1 N–H and O–H groups in total. The predicted octanol–water partition coefficient (Wildman–Crippen LogP) is 2.33. The first kappa shape index (κ1) is 9.84. The summed E-state index contributed by atoms with van der Waals surface area (Å²) in [5.41, 5.74) is 3.03. The molecule has 0 spiro atoms. The number of anilines is 1. The molecule has 0 amide bonds. The summed E-state index contributed by atoms with van der Waals surface area (Å²) in [7, 11) is 0. The molecule has 0 saturated heterocycles. The van der Waals surface area contributed by atoms with Crippen molar-refractivity contribution < 1.29 is 0 Å². The molecule has 0 unspecified atom stereocenters. The third kappa shape index (κ3) is 2.09. The van der Waals surface area contributed by atoms with Gasteiger partial charge in [0.15, 0.2) is 0 Å². The highest BCUT2D eigenvalue weighted by atomic mass is 32.1. The van der Waals surface area contributed by atoms with Crippen LogP contribution >= 0.6 is 11.3 Å². The molecule has 0 aliphatic heterocycles. The van der Waals surface area contributed by atoms with Crippen LogP contribution in [-0.4, -0.2) is 21.1 Å². The van der Waals surface area contributed by atoms with Gasteiger partial charge in [-0.2, -0.15) is 0 Å². The van der Waals surface area contributed by atoms with Crippen molar-refractivity contribution in [3.8, 4) is 0 Å². The van der Waals surface area contributed by atoms with Crippen molar-refractivity contribution in [2.75, 3.05) is 11.9 Å². The van der Waals surface area contributed by atoms with Crippen molar-refractivity contribution in [2.45, 2.75) is 25.3 Å². The molecule has 3 rings (SSSR count). The fraction of sp³-hybridized carbons (Fsp3) is 0.455. The summed E-state index contributed by atoms with van der Waals surface area (Å²) in [5.74, 6) is 0.998. The van der Waals surface area contributed by atoms with Crippen LogP contribution in [-0.2, 0) is 6.42 Å². The fourth-order valence-electron chi connectivity index (χ4n) is 1.76. The van der Waals surface area contributed by atoms with E-state index in [0.29, 0.717) is 6.04 Å². The molecule has 4 nitrogen and oxygen atoms in total. The van der Waals surface area contributed by atoms with E-state index in [9.17, 15) is 0 Å². The van der Waals surface area contributed by atoms with Crippen LogP contribution in [0.2, 0.25) is 0 Å². The van der Waals surface area contributed by atoms with Gasteiger partial charge in [0.05, 0.1) is 11.2 Å². The second kappa shape index (κ2) is 4.25. The van der Waals surface area contributed by atoms with Gasteiger partial charge >= 0.3 is 0 Å². The molecule has 16 heavy (non-hydrogen) atoms. The second-order valence-electron chi connectivity index (χ2n) is 4.05. The van der Waals surface area contributed by atoms with E-state index in [1.165, 1.54) is 12.8 Å². The lowest BCUT2D eigenvalue weighted by Gasteiger charge is -2.07. The Morgan fingerprint density at radius 1 is 1.44 bits per heavy atom. The van der Waals surface area contributed by atoms with Gasteiger partial charge in [0, 0.05) is 36.8 Å². The zero-order valence-electron chi connectivity index (χ0n) is 8.97. The van der Waals surface area contributed by atoms with Gasteiger partial charge in [0.2, 0.25) is 5.95 Å². The summed E-state index contributed by atoms with van der Waals surface area (Å²) in [6.45, 7) is 0.896. The Labute approximate surface area is 98.4 Å². The molecule has 1 saturated carbocycles. The molecule has 1 aliphatic carbocycles. The minimum Gasteiger partial charge on any atom is -0.355 e. The molecule has 0 radical (unpaired) electrons. The van der Waals surface area contributed by atoms with Crippen molar-refractivity contribution in [3.05, 3.63) is 29.0 Å². The molecule has 5 heteroatoms. The first-order valence-corrected chi connectivity index (χ1v) is 6.51. The molecule has 2 heterocycles. The second-order valence-corrected chi connectivity index (χ2v) is 4.76. The summed E-state index contributed by atoms with van der Waals surface area (Å²) < 4.78 is 2.24. The normalized spacial score (nSPS) is 15.2. The smallest absolute Gasteiger partial charge is 0.203 e. The summed E-state index contributed by atoms with van der Waals surface area (Å²) in [5, 5.41) is 5.46. The Kier molecular flexibility index (Phi) is 2.61. The molecular formula is C11H14N4S. The van der Waals surface area contributed by atoms with E-state index in [-0.39, 0.29) is 0 Å². The number of hydrogen-bond donors (Lipinski definition) is 1. The van der Waals surface area contributed by atoms with E-state index in [2.05, 4.69) is 31.4 Å². The lowest BCUT2D eigenvalue weighted by atomic mass is 10.3. The van der Waals surface area contributed by atoms with Gasteiger partial charge in [-0.1, -0.05) is 0 Å². The van der Waals surface area contributed by atoms with Crippen LogP contribution in [0.15, 0.2) is 23.3 Å². The molecule has 0 aromatic carbocycles. The van der Waals surface area contributed by atoms with Gasteiger partial charge in [0.25, 0.3) is 0 Å². The molecule has 1 fully saturated rings. The molecule has 1 aliphatic rings. The number of thiazole rings is 1. The van der Waals surface area contributed by atoms with E-state index in [4.69, 9.17) is 0 Å². The van der Waals surface area contributed by atoms with Crippen LogP contribution in [0, 0.1) is 0 Å². The molecule has 0 atom stereocenters. The summed E-state index contributed by atoms with van der Waals surface area (Å²) >= 11 is 1.65. The number of aromatic nitrogens is 3. The van der Waals surface area contributed by atoms with Gasteiger partial charge in [0.1, 0.15) is 0 Å². The summed E-state index contributed by atoms with van der Waals surface area (Å²) in [6, 6.07) is 0.685. The molecule has 84 valence electrons. The lowest BCUT2D eigenvalue weighted by Crippen LogP contribution is -2.10. The molecular weight excluding hydrogens is 220 g/mol. The van der Waals surface area contributed by atoms with E-state index in [0.717, 1.165) is 24.6 Å². The van der Waals surface area contributed by atoms with Crippen LogP contribution in [0.4, 0.5) is 5.95 Å². The Hall–Kier alpha value is -1.36. The van der Waals surface area contributed by atoms with Crippen LogP contribution in [0.1, 0.15) is 24.6 Å². The number of nitrogens with one attached hydrogen (secondary N) is 1. The predicted molar refractivity (Wildman–Crippen MR) is 64.8 cm³/mol. The van der Waals surface area contributed by atoms with Crippen molar-refractivity contribution in [1.82, 2.24) is 14.5 Å². The Bertz CT molecular complexity index is 444. The highest BCUT2D eigenvalue weighted by molar-refractivity contribution is 7.07. The monoisotopic (exact) mass is 234 g/mol. The molecule has 0 bridgehead atoms. The third-order valence-corrected chi connectivity index (χ3v) is 3.39. The van der Waals surface area contributed by atoms with Gasteiger partial charge < -0.3 is 9.88 Å². The minimum atomic E-state index is 0.685. The fourth-order valence-corrected chi connectivity index (χ4v) is 2.35. The quantitative estimate of drug-likeness (QED) is 0.863. The Morgan fingerprint density at radius 2 is 2.38 bits per heavy atom. The summed E-state index contributed by atoms with van der Waals surface area (Å²) in [6.07, 6.45) is 7.46. The average Bonchev–Trinajstić information content (AvgIpc) is 2.82. The van der Waals surface area contributed by atoms with Crippen LogP contribution in [0.5, 0.6) is 0 Å². The van der Waals surface area contributed by atoms with Crippen molar-refractivity contribution in [2.24, 2.45) is 0 Å². The molecule has 2 aromatic rings. The highest BCUT2D eigenvalue weighted by Crippen LogP contribution is 2.36. The largest absolute Gasteiger partial charge is 0.355 e. The summed E-state index contributed by atoms with van der Waals surface area (Å²) in [4.78, 5) is 8.59. The topological polar surface area (TPSA) is 42.7 Å². The maximum absolute atomic E-state index is 4.33. The third-order valence-electron chi connectivity index (χ3n) is 2.76. The number of hydrogen-bond acceptors (Lipinski definition) is 4. The van der Waals surface area contributed by atoms with Crippen molar-refractivity contribution in [1.29, 1.82) is 0 Å². The van der Waals surface area contributed by atoms with E-state index >= 15 is 0 Å². The number of imidazole rings is 1. The Balaban J connectivity index is 1.56. The maximum Gasteiger partial charge on any atom is 0.203 e. The zero-order chi connectivity index (χ0) is 10.8. The lowest BCUT2D eigenvalue weighted by molar-refractivity contribution is 0.742. The van der Waals surface area contributed by atoms with Crippen LogP contribution in [0.3, 0.4) is 0 Å². The van der Waals surface area contributed by atoms with E-state index < -0.39 is 0 Å². The number of rotatable bonds is 5. The maximum atomic E-state index is 4.33. The van der Waals surface area contributed by atoms with Gasteiger partial charge in [-0.05, 0) is 12.8 Å². The van der Waals surface area contributed by atoms with E-state index in [1.807, 2.05) is 11.7 Å². The standard InChI is InChI=1S/C11H14N4S/c1-2-10(1)15-6-5-13-11(15)12-4-3-9-7-16-8-14-9/h5-8,10H,1-4H2,(H,12,13). The van der Waals surface area contributed by atoms with Crippen molar-refractivity contribution in [3.63, 3.8) is 0 Å². The van der Waals surface area contributed by atoms with E-state index in [1.54, 1.807) is 11.3 Å². The van der Waals surface area contributed by atoms with Crippen molar-refractivity contribution >= 4 is 17.3 Å². The zero-order valence-corrected chi connectivity index (χ0v) is 9.78. The first-order chi connectivity index (χ1) is 7.93. The van der Waals surface area contributed by atoms with Gasteiger partial charge in [-0.3, -0.25) is 0 Å². The van der Waals surface area contributed by atoms with Crippen LogP contribution < -0.4 is 5.32 Å².